The summed E-state index contributed by atoms with van der Waals surface area (Å²) in [7, 11) is 0. The fourth-order valence-electron chi connectivity index (χ4n) is 2.46. The minimum Gasteiger partial charge on any atom is -0.490 e. The van der Waals surface area contributed by atoms with Crippen molar-refractivity contribution in [2.24, 2.45) is 5.92 Å². The largest absolute Gasteiger partial charge is 0.490 e. The van der Waals surface area contributed by atoms with Crippen LogP contribution >= 0.6 is 0 Å². The minimum atomic E-state index is -0.333. The Morgan fingerprint density at radius 1 is 1.25 bits per heavy atom. The summed E-state index contributed by atoms with van der Waals surface area (Å²) in [6, 6.07) is 4.57. The monoisotopic (exact) mass is 276 g/mol. The number of ether oxygens (including phenoxy) is 1. The predicted molar refractivity (Wildman–Crippen MR) is 77.0 cm³/mol. The van der Waals surface area contributed by atoms with Gasteiger partial charge in [0, 0.05) is 18.1 Å². The fraction of sp³-hybridized carbons (Fsp3) is 0.529. The molecule has 1 aliphatic rings. The lowest BCUT2D eigenvalue weighted by Gasteiger charge is -2.26. The second-order valence-electron chi connectivity index (χ2n) is 5.45. The number of aliphatic hydroxyl groups is 1. The van der Waals surface area contributed by atoms with Crippen molar-refractivity contribution >= 4 is 0 Å². The molecule has 0 amide bonds. The first-order valence-corrected chi connectivity index (χ1v) is 7.24. The van der Waals surface area contributed by atoms with Crippen molar-refractivity contribution < 1.29 is 14.2 Å². The van der Waals surface area contributed by atoms with E-state index in [1.54, 1.807) is 6.07 Å². The molecule has 2 rings (SSSR count). The summed E-state index contributed by atoms with van der Waals surface area (Å²) in [5.74, 6) is 6.62. The topological polar surface area (TPSA) is 29.5 Å². The Balaban J connectivity index is 2.02. The molecule has 0 atom stereocenters. The van der Waals surface area contributed by atoms with Crippen molar-refractivity contribution in [3.63, 3.8) is 0 Å². The Morgan fingerprint density at radius 3 is 2.70 bits per heavy atom. The quantitative estimate of drug-likeness (QED) is 0.856. The van der Waals surface area contributed by atoms with Crippen LogP contribution in [0.3, 0.4) is 0 Å². The van der Waals surface area contributed by atoms with Crippen molar-refractivity contribution in [3.8, 4) is 17.6 Å². The molecule has 1 aromatic rings. The highest BCUT2D eigenvalue weighted by molar-refractivity contribution is 5.40. The molecule has 0 aliphatic heterocycles. The smallest absolute Gasteiger partial charge is 0.128 e. The Bertz CT molecular complexity index is 493. The van der Waals surface area contributed by atoms with Gasteiger partial charge in [-0.05, 0) is 43.7 Å². The van der Waals surface area contributed by atoms with Crippen molar-refractivity contribution in [1.82, 2.24) is 0 Å². The van der Waals surface area contributed by atoms with Gasteiger partial charge in [0.25, 0.3) is 0 Å². The van der Waals surface area contributed by atoms with E-state index in [2.05, 4.69) is 18.8 Å². The highest BCUT2D eigenvalue weighted by Gasteiger charge is 2.19. The first-order valence-electron chi connectivity index (χ1n) is 7.24. The van der Waals surface area contributed by atoms with E-state index in [0.29, 0.717) is 17.7 Å². The van der Waals surface area contributed by atoms with Crippen molar-refractivity contribution in [3.05, 3.63) is 29.6 Å². The zero-order valence-corrected chi connectivity index (χ0v) is 11.9. The summed E-state index contributed by atoms with van der Waals surface area (Å²) >= 11 is 0. The van der Waals surface area contributed by atoms with Crippen molar-refractivity contribution in [2.45, 2.75) is 45.1 Å². The number of rotatable bonds is 3. The van der Waals surface area contributed by atoms with E-state index in [1.165, 1.54) is 25.0 Å². The van der Waals surface area contributed by atoms with Crippen molar-refractivity contribution in [1.29, 1.82) is 0 Å². The Labute approximate surface area is 120 Å². The SMILES string of the molecule is CC1CCC(Oc2cc(F)cc(C#CCCO)c2)CC1. The molecule has 1 aromatic carbocycles. The standard InChI is InChI=1S/C17H21FO2/c1-13-5-7-16(8-6-13)20-17-11-14(4-2-3-9-19)10-15(18)12-17/h10-13,16,19H,3,5-9H2,1H3. The van der Waals surface area contributed by atoms with E-state index < -0.39 is 0 Å². The molecule has 0 bridgehead atoms. The lowest BCUT2D eigenvalue weighted by molar-refractivity contribution is 0.135. The molecular weight excluding hydrogens is 255 g/mol. The Kier molecular flexibility index (Phi) is 5.43. The maximum Gasteiger partial charge on any atom is 0.128 e. The van der Waals surface area contributed by atoms with Crippen molar-refractivity contribution in [2.75, 3.05) is 6.61 Å². The van der Waals surface area contributed by atoms with Gasteiger partial charge in [-0.1, -0.05) is 18.8 Å². The highest BCUT2D eigenvalue weighted by atomic mass is 19.1. The maximum absolute atomic E-state index is 13.6. The molecule has 0 heterocycles. The molecule has 20 heavy (non-hydrogen) atoms. The van der Waals surface area contributed by atoms with Crippen LogP contribution in [0.2, 0.25) is 0 Å². The highest BCUT2D eigenvalue weighted by Crippen LogP contribution is 2.27. The molecule has 0 aromatic heterocycles. The average Bonchev–Trinajstić information content (AvgIpc) is 2.41. The first kappa shape index (κ1) is 14.9. The third-order valence-electron chi connectivity index (χ3n) is 3.61. The summed E-state index contributed by atoms with van der Waals surface area (Å²) in [6.07, 6.45) is 4.98. The molecule has 0 unspecified atom stereocenters. The molecule has 1 aliphatic carbocycles. The number of halogens is 1. The van der Waals surface area contributed by atoms with Gasteiger partial charge >= 0.3 is 0 Å². The lowest BCUT2D eigenvalue weighted by Crippen LogP contribution is -2.23. The molecule has 3 heteroatoms. The van der Waals surface area contributed by atoms with Gasteiger partial charge in [-0.3, -0.25) is 0 Å². The second-order valence-corrected chi connectivity index (χ2v) is 5.45. The zero-order valence-electron chi connectivity index (χ0n) is 11.9. The van der Waals surface area contributed by atoms with Crippen LogP contribution in [0.15, 0.2) is 18.2 Å². The molecule has 0 spiro atoms. The first-order chi connectivity index (χ1) is 9.67. The number of hydrogen-bond acceptors (Lipinski definition) is 2. The molecule has 2 nitrogen and oxygen atoms in total. The number of benzene rings is 1. The van der Waals surface area contributed by atoms with Gasteiger partial charge in [-0.2, -0.15) is 0 Å². The van der Waals surface area contributed by atoms with E-state index in [9.17, 15) is 4.39 Å². The summed E-state index contributed by atoms with van der Waals surface area (Å²) in [5.41, 5.74) is 0.595. The molecule has 108 valence electrons. The van der Waals surface area contributed by atoms with Crippen LogP contribution in [0.1, 0.15) is 44.6 Å². The Hall–Kier alpha value is -1.53. The Morgan fingerprint density at radius 2 is 2.00 bits per heavy atom. The van der Waals surface area contributed by atoms with E-state index >= 15 is 0 Å². The summed E-state index contributed by atoms with van der Waals surface area (Å²) in [6.45, 7) is 2.28. The zero-order chi connectivity index (χ0) is 14.4. The van der Waals surface area contributed by atoms with Gasteiger partial charge in [0.05, 0.1) is 12.7 Å². The van der Waals surface area contributed by atoms with Gasteiger partial charge in [-0.15, -0.1) is 0 Å². The van der Waals surface area contributed by atoms with Gasteiger partial charge < -0.3 is 9.84 Å². The van der Waals surface area contributed by atoms with Gasteiger partial charge in [-0.25, -0.2) is 4.39 Å². The minimum absolute atomic E-state index is 0.0198. The van der Waals surface area contributed by atoms with Crippen LogP contribution in [0.5, 0.6) is 5.75 Å². The van der Waals surface area contributed by atoms with Gasteiger partial charge in [0.1, 0.15) is 11.6 Å². The van der Waals surface area contributed by atoms with E-state index in [-0.39, 0.29) is 18.5 Å². The normalized spacial score (nSPS) is 21.9. The van der Waals surface area contributed by atoms with E-state index in [4.69, 9.17) is 9.84 Å². The van der Waals surface area contributed by atoms with Crippen LogP contribution in [0.4, 0.5) is 4.39 Å². The fourth-order valence-corrected chi connectivity index (χ4v) is 2.46. The maximum atomic E-state index is 13.6. The third kappa shape index (κ3) is 4.54. The molecule has 1 saturated carbocycles. The average molecular weight is 276 g/mol. The van der Waals surface area contributed by atoms with E-state index in [1.807, 2.05) is 0 Å². The predicted octanol–water partition coefficient (Wildman–Crippen LogP) is 3.52. The molecule has 1 fully saturated rings. The van der Waals surface area contributed by atoms with Crippen LogP contribution < -0.4 is 4.74 Å². The third-order valence-corrected chi connectivity index (χ3v) is 3.61. The van der Waals surface area contributed by atoms with E-state index in [0.717, 1.165) is 18.8 Å². The lowest BCUT2D eigenvalue weighted by atomic mass is 9.89. The number of hydrogen-bond donors (Lipinski definition) is 1. The summed E-state index contributed by atoms with van der Waals surface area (Å²) in [4.78, 5) is 0. The van der Waals surface area contributed by atoms with Crippen LogP contribution in [0, 0.1) is 23.6 Å². The van der Waals surface area contributed by atoms with Crippen LogP contribution in [-0.2, 0) is 0 Å². The van der Waals surface area contributed by atoms with Crippen LogP contribution in [0.25, 0.3) is 0 Å². The van der Waals surface area contributed by atoms with Gasteiger partial charge in [0.2, 0.25) is 0 Å². The molecule has 0 saturated heterocycles. The van der Waals surface area contributed by atoms with Gasteiger partial charge in [0.15, 0.2) is 0 Å². The molecule has 0 radical (unpaired) electrons. The number of aliphatic hydroxyl groups excluding tert-OH is 1. The summed E-state index contributed by atoms with van der Waals surface area (Å²) < 4.78 is 19.4. The summed E-state index contributed by atoms with van der Waals surface area (Å²) in [5, 5.41) is 8.69. The van der Waals surface area contributed by atoms with Crippen LogP contribution in [-0.4, -0.2) is 17.8 Å². The molecular formula is C17H21FO2. The second kappa shape index (κ2) is 7.31. The molecule has 1 N–H and O–H groups in total.